The van der Waals surface area contributed by atoms with E-state index < -0.39 is 10.8 Å². The minimum absolute atomic E-state index is 0.177. The summed E-state index contributed by atoms with van der Waals surface area (Å²) in [4.78, 5) is 37.2. The van der Waals surface area contributed by atoms with Crippen LogP contribution in [0.1, 0.15) is 46.0 Å². The van der Waals surface area contributed by atoms with E-state index in [9.17, 15) is 14.4 Å². The van der Waals surface area contributed by atoms with Gasteiger partial charge in [-0.25, -0.2) is 0 Å². The SMILES string of the molecule is COC(=O)[C@@H]1CCC(=O)C2C3(C)CCOC(=O)[C@@H]3CC[C@]21C. The fourth-order valence-corrected chi connectivity index (χ4v) is 5.46. The number of Topliss-reactive ketones (excluding diaryl/α,β-unsaturated/α-hetero) is 1. The zero-order valence-corrected chi connectivity index (χ0v) is 13.5. The second kappa shape index (κ2) is 5.07. The van der Waals surface area contributed by atoms with Gasteiger partial charge in [0.2, 0.25) is 0 Å². The van der Waals surface area contributed by atoms with Gasteiger partial charge in [0.05, 0.1) is 25.6 Å². The molecule has 0 aromatic heterocycles. The first-order valence-corrected chi connectivity index (χ1v) is 8.12. The van der Waals surface area contributed by atoms with Gasteiger partial charge in [0.25, 0.3) is 0 Å². The highest BCUT2D eigenvalue weighted by Crippen LogP contribution is 2.63. The monoisotopic (exact) mass is 308 g/mol. The average Bonchev–Trinajstić information content (AvgIpc) is 2.45. The van der Waals surface area contributed by atoms with Gasteiger partial charge >= 0.3 is 11.9 Å². The molecule has 0 spiro atoms. The number of cyclic esters (lactones) is 1. The number of carbonyl (C=O) groups is 3. The molecular formula is C17H24O5. The van der Waals surface area contributed by atoms with Crippen LogP contribution in [0.15, 0.2) is 0 Å². The molecule has 2 saturated carbocycles. The maximum atomic E-state index is 12.8. The van der Waals surface area contributed by atoms with Crippen molar-refractivity contribution in [1.29, 1.82) is 0 Å². The molecule has 5 heteroatoms. The number of ketones is 1. The molecule has 3 fully saturated rings. The predicted molar refractivity (Wildman–Crippen MR) is 77.8 cm³/mol. The van der Waals surface area contributed by atoms with Gasteiger partial charge in [0.15, 0.2) is 0 Å². The lowest BCUT2D eigenvalue weighted by atomic mass is 9.44. The van der Waals surface area contributed by atoms with Gasteiger partial charge in [-0.1, -0.05) is 13.8 Å². The average molecular weight is 308 g/mol. The van der Waals surface area contributed by atoms with Crippen LogP contribution in [0.4, 0.5) is 0 Å². The van der Waals surface area contributed by atoms with E-state index in [-0.39, 0.29) is 35.5 Å². The van der Waals surface area contributed by atoms with E-state index in [2.05, 4.69) is 0 Å². The first kappa shape index (κ1) is 15.5. The Hall–Kier alpha value is -1.39. The fraction of sp³-hybridized carbons (Fsp3) is 0.824. The molecule has 0 aromatic rings. The highest BCUT2D eigenvalue weighted by Gasteiger charge is 2.64. The van der Waals surface area contributed by atoms with E-state index in [0.29, 0.717) is 38.7 Å². The number of esters is 2. The van der Waals surface area contributed by atoms with Crippen LogP contribution in [-0.2, 0) is 23.9 Å². The Morgan fingerprint density at radius 3 is 2.59 bits per heavy atom. The zero-order valence-electron chi connectivity index (χ0n) is 13.5. The van der Waals surface area contributed by atoms with Crippen molar-refractivity contribution < 1.29 is 23.9 Å². The summed E-state index contributed by atoms with van der Waals surface area (Å²) in [5.74, 6) is -0.936. The standard InChI is InChI=1S/C17H24O5/c1-16-7-6-11-15(20)22-9-8-17(11,2)13(16)12(18)5-4-10(16)14(19)21-3/h10-11,13H,4-9H2,1-3H3/t10-,11-,13?,16-,17?/m0/s1. The highest BCUT2D eigenvalue weighted by atomic mass is 16.5. The minimum Gasteiger partial charge on any atom is -0.469 e. The largest absolute Gasteiger partial charge is 0.469 e. The van der Waals surface area contributed by atoms with Crippen LogP contribution < -0.4 is 0 Å². The molecule has 1 aliphatic heterocycles. The van der Waals surface area contributed by atoms with Gasteiger partial charge in [-0.15, -0.1) is 0 Å². The molecule has 0 amide bonds. The van der Waals surface area contributed by atoms with Crippen molar-refractivity contribution in [3.8, 4) is 0 Å². The molecule has 22 heavy (non-hydrogen) atoms. The van der Waals surface area contributed by atoms with Crippen molar-refractivity contribution in [3.63, 3.8) is 0 Å². The number of rotatable bonds is 1. The number of fused-ring (bicyclic) bond motifs is 3. The summed E-state index contributed by atoms with van der Waals surface area (Å²) in [5.41, 5.74) is -0.808. The van der Waals surface area contributed by atoms with Crippen molar-refractivity contribution in [2.75, 3.05) is 13.7 Å². The third-order valence-electron chi connectivity index (χ3n) is 6.54. The van der Waals surface area contributed by atoms with E-state index in [4.69, 9.17) is 9.47 Å². The zero-order chi connectivity index (χ0) is 16.1. The maximum Gasteiger partial charge on any atom is 0.309 e. The van der Waals surface area contributed by atoms with Crippen LogP contribution in [0.2, 0.25) is 0 Å². The molecule has 5 nitrogen and oxygen atoms in total. The quantitative estimate of drug-likeness (QED) is 0.694. The molecule has 2 unspecified atom stereocenters. The molecule has 3 aliphatic rings. The summed E-state index contributed by atoms with van der Waals surface area (Å²) in [6.45, 7) is 4.45. The highest BCUT2D eigenvalue weighted by molar-refractivity contribution is 5.88. The smallest absolute Gasteiger partial charge is 0.309 e. The molecular weight excluding hydrogens is 284 g/mol. The summed E-state index contributed by atoms with van der Waals surface area (Å²) in [5, 5.41) is 0. The number of hydrogen-bond acceptors (Lipinski definition) is 5. The normalized spacial score (nSPS) is 44.6. The van der Waals surface area contributed by atoms with Gasteiger partial charge in [0.1, 0.15) is 5.78 Å². The van der Waals surface area contributed by atoms with Crippen LogP contribution in [0.5, 0.6) is 0 Å². The summed E-state index contributed by atoms with van der Waals surface area (Å²) < 4.78 is 10.2. The molecule has 122 valence electrons. The lowest BCUT2D eigenvalue weighted by Gasteiger charge is -2.59. The summed E-state index contributed by atoms with van der Waals surface area (Å²) in [7, 11) is 1.41. The summed E-state index contributed by atoms with van der Waals surface area (Å²) in [6, 6.07) is 0. The molecule has 0 aromatic carbocycles. The second-order valence-corrected chi connectivity index (χ2v) is 7.53. The van der Waals surface area contributed by atoms with E-state index in [1.807, 2.05) is 13.8 Å². The topological polar surface area (TPSA) is 69.7 Å². The molecule has 0 N–H and O–H groups in total. The minimum atomic E-state index is -0.411. The number of hydrogen-bond donors (Lipinski definition) is 0. The molecule has 1 heterocycles. The van der Waals surface area contributed by atoms with Crippen LogP contribution in [-0.4, -0.2) is 31.4 Å². The van der Waals surface area contributed by atoms with Crippen LogP contribution in [0.3, 0.4) is 0 Å². The third kappa shape index (κ3) is 1.94. The van der Waals surface area contributed by atoms with Gasteiger partial charge in [-0.3, -0.25) is 14.4 Å². The fourth-order valence-electron chi connectivity index (χ4n) is 5.46. The Kier molecular flexibility index (Phi) is 3.57. The van der Waals surface area contributed by atoms with Crippen LogP contribution in [0.25, 0.3) is 0 Å². The molecule has 0 bridgehead atoms. The summed E-state index contributed by atoms with van der Waals surface area (Å²) >= 11 is 0. The first-order chi connectivity index (χ1) is 10.3. The Bertz CT molecular complexity index is 527. The molecule has 0 radical (unpaired) electrons. The third-order valence-corrected chi connectivity index (χ3v) is 6.54. The number of carbonyl (C=O) groups excluding carboxylic acids is 3. The van der Waals surface area contributed by atoms with Crippen molar-refractivity contribution >= 4 is 17.7 Å². The lowest BCUT2D eigenvalue weighted by molar-refractivity contribution is -0.192. The Morgan fingerprint density at radius 2 is 1.91 bits per heavy atom. The Morgan fingerprint density at radius 1 is 1.18 bits per heavy atom. The maximum absolute atomic E-state index is 12.8. The van der Waals surface area contributed by atoms with Crippen molar-refractivity contribution in [2.45, 2.75) is 46.0 Å². The van der Waals surface area contributed by atoms with E-state index in [1.54, 1.807) is 0 Å². The Labute approximate surface area is 130 Å². The van der Waals surface area contributed by atoms with E-state index in [0.717, 1.165) is 0 Å². The van der Waals surface area contributed by atoms with Crippen molar-refractivity contribution in [1.82, 2.24) is 0 Å². The Balaban J connectivity index is 2.04. The molecule has 3 rings (SSSR count). The molecule has 2 aliphatic carbocycles. The number of methoxy groups -OCH3 is 1. The molecule has 1 saturated heterocycles. The van der Waals surface area contributed by atoms with Crippen molar-refractivity contribution in [2.24, 2.45) is 28.6 Å². The first-order valence-electron chi connectivity index (χ1n) is 8.12. The van der Waals surface area contributed by atoms with Gasteiger partial charge in [-0.05, 0) is 36.5 Å². The van der Waals surface area contributed by atoms with Crippen molar-refractivity contribution in [3.05, 3.63) is 0 Å². The lowest BCUT2D eigenvalue weighted by Crippen LogP contribution is -2.61. The van der Waals surface area contributed by atoms with Gasteiger partial charge < -0.3 is 9.47 Å². The van der Waals surface area contributed by atoms with Crippen LogP contribution in [0, 0.1) is 28.6 Å². The predicted octanol–water partition coefficient (Wildman–Crippen LogP) is 2.12. The summed E-state index contributed by atoms with van der Waals surface area (Å²) in [6.07, 6.45) is 3.03. The number of ether oxygens (including phenoxy) is 2. The molecule has 5 atom stereocenters. The van der Waals surface area contributed by atoms with Gasteiger partial charge in [0, 0.05) is 12.3 Å². The second-order valence-electron chi connectivity index (χ2n) is 7.53. The van der Waals surface area contributed by atoms with E-state index >= 15 is 0 Å². The van der Waals surface area contributed by atoms with E-state index in [1.165, 1.54) is 7.11 Å². The van der Waals surface area contributed by atoms with Crippen LogP contribution >= 0.6 is 0 Å². The van der Waals surface area contributed by atoms with Gasteiger partial charge in [-0.2, -0.15) is 0 Å².